The van der Waals surface area contributed by atoms with E-state index >= 15 is 0 Å². The molecule has 0 atom stereocenters. The van der Waals surface area contributed by atoms with Crippen LogP contribution in [0.1, 0.15) is 20.8 Å². The molecule has 0 saturated heterocycles. The third kappa shape index (κ3) is 3.94. The minimum absolute atomic E-state index is 0.00696. The number of aliphatic carboxylic acids is 1. The molecule has 6 heteroatoms. The number of anilines is 1. The summed E-state index contributed by atoms with van der Waals surface area (Å²) in [7, 11) is 0. The smallest absolute Gasteiger partial charge is 0.321 e. The molecule has 0 unspecified atom stereocenters. The van der Waals surface area contributed by atoms with Crippen molar-refractivity contribution in [1.29, 1.82) is 0 Å². The molecule has 1 aromatic rings. The van der Waals surface area contributed by atoms with Gasteiger partial charge in [0.15, 0.2) is 0 Å². The van der Waals surface area contributed by atoms with Crippen LogP contribution in [0.5, 0.6) is 0 Å². The first-order valence-corrected chi connectivity index (χ1v) is 6.32. The van der Waals surface area contributed by atoms with Gasteiger partial charge in [-0.15, -0.1) is 0 Å². The van der Waals surface area contributed by atoms with E-state index in [1.54, 1.807) is 13.0 Å². The minimum Gasteiger partial charge on any atom is -0.481 e. The van der Waals surface area contributed by atoms with Gasteiger partial charge >= 0.3 is 12.0 Å². The van der Waals surface area contributed by atoms with Crippen molar-refractivity contribution < 1.29 is 19.1 Å². The van der Waals surface area contributed by atoms with E-state index in [0.29, 0.717) is 12.2 Å². The Morgan fingerprint density at radius 1 is 1.40 bits per heavy atom. The molecule has 0 saturated carbocycles. The van der Waals surface area contributed by atoms with Gasteiger partial charge in [0.05, 0.1) is 5.41 Å². The van der Waals surface area contributed by atoms with Gasteiger partial charge in [-0.25, -0.2) is 9.18 Å². The summed E-state index contributed by atoms with van der Waals surface area (Å²) in [4.78, 5) is 24.4. The zero-order chi connectivity index (χ0) is 15.3. The molecule has 0 spiro atoms. The second-order valence-corrected chi connectivity index (χ2v) is 5.07. The molecule has 5 nitrogen and oxygen atoms in total. The predicted octanol–water partition coefficient (Wildman–Crippen LogP) is 2.47. The van der Waals surface area contributed by atoms with Crippen molar-refractivity contribution in [3.63, 3.8) is 0 Å². The fourth-order valence-electron chi connectivity index (χ4n) is 1.56. The number of nitrogens with zero attached hydrogens (tertiary/aromatic N) is 1. The van der Waals surface area contributed by atoms with Gasteiger partial charge in [0.2, 0.25) is 0 Å². The van der Waals surface area contributed by atoms with Crippen molar-refractivity contribution in [2.45, 2.75) is 20.8 Å². The highest BCUT2D eigenvalue weighted by molar-refractivity contribution is 5.92. The SMILES string of the molecule is CCN(C(=O)NCC(C)(C)C(=O)O)c1cccc(F)c1. The molecule has 0 bridgehead atoms. The molecular formula is C14H19FN2O3. The largest absolute Gasteiger partial charge is 0.481 e. The molecular weight excluding hydrogens is 263 g/mol. The van der Waals surface area contributed by atoms with Gasteiger partial charge < -0.3 is 10.4 Å². The molecule has 0 radical (unpaired) electrons. The van der Waals surface area contributed by atoms with Crippen molar-refractivity contribution >= 4 is 17.7 Å². The van der Waals surface area contributed by atoms with Gasteiger partial charge in [-0.2, -0.15) is 0 Å². The molecule has 0 fully saturated rings. The van der Waals surface area contributed by atoms with E-state index in [4.69, 9.17) is 5.11 Å². The number of nitrogens with one attached hydrogen (secondary N) is 1. The number of rotatable bonds is 5. The topological polar surface area (TPSA) is 69.6 Å². The highest BCUT2D eigenvalue weighted by Gasteiger charge is 2.28. The van der Waals surface area contributed by atoms with Crippen LogP contribution in [0.25, 0.3) is 0 Å². The first kappa shape index (κ1) is 15.9. The normalized spacial score (nSPS) is 11.0. The monoisotopic (exact) mass is 282 g/mol. The zero-order valence-corrected chi connectivity index (χ0v) is 11.8. The summed E-state index contributed by atoms with van der Waals surface area (Å²) >= 11 is 0. The summed E-state index contributed by atoms with van der Waals surface area (Å²) < 4.78 is 13.2. The lowest BCUT2D eigenvalue weighted by atomic mass is 9.94. The fourth-order valence-corrected chi connectivity index (χ4v) is 1.56. The van der Waals surface area contributed by atoms with Gasteiger partial charge in [-0.1, -0.05) is 6.07 Å². The fraction of sp³-hybridized carbons (Fsp3) is 0.429. The van der Waals surface area contributed by atoms with Gasteiger partial charge in [0, 0.05) is 18.8 Å². The van der Waals surface area contributed by atoms with Crippen molar-refractivity contribution in [2.24, 2.45) is 5.41 Å². The van der Waals surface area contributed by atoms with E-state index in [-0.39, 0.29) is 6.54 Å². The second-order valence-electron chi connectivity index (χ2n) is 5.07. The van der Waals surface area contributed by atoms with Gasteiger partial charge in [0.25, 0.3) is 0 Å². The lowest BCUT2D eigenvalue weighted by molar-refractivity contribution is -0.146. The molecule has 0 aliphatic rings. The number of carboxylic acid groups (broad SMARTS) is 1. The highest BCUT2D eigenvalue weighted by atomic mass is 19.1. The standard InChI is InChI=1S/C14H19FN2O3/c1-4-17(11-7-5-6-10(15)8-11)13(20)16-9-14(2,3)12(18)19/h5-8H,4,9H2,1-3H3,(H,16,20)(H,18,19). The summed E-state index contributed by atoms with van der Waals surface area (Å²) in [6.45, 7) is 5.14. The average molecular weight is 282 g/mol. The van der Waals surface area contributed by atoms with Crippen LogP contribution in [0.2, 0.25) is 0 Å². The Kier molecular flexibility index (Phi) is 5.07. The Hall–Kier alpha value is -2.11. The number of hydrogen-bond donors (Lipinski definition) is 2. The maximum Gasteiger partial charge on any atom is 0.321 e. The Bertz CT molecular complexity index is 503. The lowest BCUT2D eigenvalue weighted by Gasteiger charge is -2.25. The third-order valence-corrected chi connectivity index (χ3v) is 2.94. The molecule has 1 rings (SSSR count). The number of carbonyl (C=O) groups excluding carboxylic acids is 1. The first-order valence-electron chi connectivity index (χ1n) is 6.32. The van der Waals surface area contributed by atoms with Crippen LogP contribution in [0, 0.1) is 11.2 Å². The van der Waals surface area contributed by atoms with Crippen molar-refractivity contribution in [3.05, 3.63) is 30.1 Å². The lowest BCUT2D eigenvalue weighted by Crippen LogP contribution is -2.45. The maximum absolute atomic E-state index is 13.2. The van der Waals surface area contributed by atoms with E-state index in [2.05, 4.69) is 5.32 Å². The van der Waals surface area contributed by atoms with Crippen molar-refractivity contribution in [2.75, 3.05) is 18.0 Å². The van der Waals surface area contributed by atoms with E-state index in [0.717, 1.165) is 0 Å². The summed E-state index contributed by atoms with van der Waals surface area (Å²) in [6, 6.07) is 5.23. The van der Waals surface area contributed by atoms with Crippen LogP contribution >= 0.6 is 0 Å². The Morgan fingerprint density at radius 2 is 2.05 bits per heavy atom. The van der Waals surface area contributed by atoms with Crippen LogP contribution in [0.15, 0.2) is 24.3 Å². The van der Waals surface area contributed by atoms with Gasteiger partial charge in [-0.05, 0) is 39.0 Å². The molecule has 0 aromatic heterocycles. The van der Waals surface area contributed by atoms with E-state index < -0.39 is 23.2 Å². The quantitative estimate of drug-likeness (QED) is 0.871. The van der Waals surface area contributed by atoms with E-state index in [1.807, 2.05) is 0 Å². The molecule has 0 heterocycles. The number of carboxylic acids is 1. The Balaban J connectivity index is 2.76. The molecule has 2 amide bonds. The zero-order valence-electron chi connectivity index (χ0n) is 11.8. The number of halogens is 1. The van der Waals surface area contributed by atoms with Crippen LogP contribution in [-0.2, 0) is 4.79 Å². The first-order chi connectivity index (χ1) is 9.27. The number of benzene rings is 1. The van der Waals surface area contributed by atoms with Crippen LogP contribution < -0.4 is 10.2 Å². The van der Waals surface area contributed by atoms with Crippen LogP contribution in [0.3, 0.4) is 0 Å². The third-order valence-electron chi connectivity index (χ3n) is 2.94. The maximum atomic E-state index is 13.2. The van der Waals surface area contributed by atoms with Gasteiger partial charge in [0.1, 0.15) is 5.82 Å². The summed E-state index contributed by atoms with van der Waals surface area (Å²) in [5, 5.41) is 11.5. The summed E-state index contributed by atoms with van der Waals surface area (Å²) in [5.74, 6) is -1.42. The molecule has 0 aliphatic heterocycles. The minimum atomic E-state index is -1.06. The molecule has 2 N–H and O–H groups in total. The summed E-state index contributed by atoms with van der Waals surface area (Å²) in [5.41, 5.74) is -0.630. The molecule has 20 heavy (non-hydrogen) atoms. The number of urea groups is 1. The van der Waals surface area contributed by atoms with Gasteiger partial charge in [-0.3, -0.25) is 9.69 Å². The Morgan fingerprint density at radius 3 is 2.55 bits per heavy atom. The van der Waals surface area contributed by atoms with Crippen molar-refractivity contribution in [1.82, 2.24) is 5.32 Å². The Labute approximate surface area is 117 Å². The van der Waals surface area contributed by atoms with E-state index in [1.165, 1.54) is 36.9 Å². The highest BCUT2D eigenvalue weighted by Crippen LogP contribution is 2.17. The molecule has 0 aliphatic carbocycles. The van der Waals surface area contributed by atoms with Crippen molar-refractivity contribution in [3.8, 4) is 0 Å². The number of carbonyl (C=O) groups is 2. The van der Waals surface area contributed by atoms with Crippen LogP contribution in [-0.4, -0.2) is 30.2 Å². The predicted molar refractivity (Wildman–Crippen MR) is 74.2 cm³/mol. The number of amides is 2. The van der Waals surface area contributed by atoms with Crippen LogP contribution in [0.4, 0.5) is 14.9 Å². The number of hydrogen-bond acceptors (Lipinski definition) is 2. The molecule has 110 valence electrons. The second kappa shape index (κ2) is 6.36. The average Bonchev–Trinajstić information content (AvgIpc) is 2.37. The summed E-state index contributed by atoms with van der Waals surface area (Å²) in [6.07, 6.45) is 0. The molecule has 1 aromatic carbocycles. The van der Waals surface area contributed by atoms with E-state index in [9.17, 15) is 14.0 Å².